The second-order valence-corrected chi connectivity index (χ2v) is 4.87. The molecule has 0 bridgehead atoms. The first-order chi connectivity index (χ1) is 5.29. The third kappa shape index (κ3) is 0.547. The Morgan fingerprint density at radius 1 is 1.09 bits per heavy atom. The van der Waals surface area contributed by atoms with E-state index in [1.807, 2.05) is 0 Å². The van der Waals surface area contributed by atoms with Gasteiger partial charge in [-0.25, -0.2) is 0 Å². The molecule has 3 atom stereocenters. The van der Waals surface area contributed by atoms with Crippen molar-refractivity contribution in [3.8, 4) is 0 Å². The van der Waals surface area contributed by atoms with Crippen LogP contribution in [-0.2, 0) is 0 Å². The van der Waals surface area contributed by atoms with E-state index in [0.29, 0.717) is 10.8 Å². The Labute approximate surface area is 67.8 Å². The average molecular weight is 152 g/mol. The molecule has 0 spiro atoms. The van der Waals surface area contributed by atoms with E-state index in [0.717, 1.165) is 6.42 Å². The quantitative estimate of drug-likeness (QED) is 0.563. The maximum absolute atomic E-state index is 9.88. The van der Waals surface area contributed by atoms with Gasteiger partial charge in [-0.1, -0.05) is 12.8 Å². The molecule has 3 aliphatic rings. The molecule has 3 rings (SSSR count). The van der Waals surface area contributed by atoms with Gasteiger partial charge in [0.2, 0.25) is 0 Å². The molecule has 1 heteroatoms. The van der Waals surface area contributed by atoms with Crippen LogP contribution in [0.4, 0.5) is 0 Å². The summed E-state index contributed by atoms with van der Waals surface area (Å²) in [6, 6.07) is 0. The van der Waals surface area contributed by atoms with Crippen LogP contribution in [0.15, 0.2) is 0 Å². The van der Waals surface area contributed by atoms with E-state index >= 15 is 0 Å². The van der Waals surface area contributed by atoms with Gasteiger partial charge in [0.15, 0.2) is 0 Å². The molecule has 3 fully saturated rings. The fourth-order valence-corrected chi connectivity index (χ4v) is 3.71. The Morgan fingerprint density at radius 2 is 2.00 bits per heavy atom. The van der Waals surface area contributed by atoms with Gasteiger partial charge in [0, 0.05) is 5.41 Å². The number of aliphatic hydroxyl groups is 1. The fraction of sp³-hybridized carbons (Fsp3) is 1.00. The minimum absolute atomic E-state index is 0.0683. The van der Waals surface area contributed by atoms with Gasteiger partial charge in [0.1, 0.15) is 0 Å². The van der Waals surface area contributed by atoms with E-state index in [1.165, 1.54) is 38.5 Å². The third-order valence-corrected chi connectivity index (χ3v) is 4.66. The van der Waals surface area contributed by atoms with Crippen LogP contribution < -0.4 is 0 Å². The Morgan fingerprint density at radius 3 is 2.73 bits per heavy atom. The second-order valence-electron chi connectivity index (χ2n) is 4.87. The van der Waals surface area contributed by atoms with E-state index in [1.54, 1.807) is 0 Å². The first-order valence-corrected chi connectivity index (χ1v) is 4.97. The summed E-state index contributed by atoms with van der Waals surface area (Å²) >= 11 is 0. The molecule has 1 N–H and O–H groups in total. The number of rotatable bonds is 0. The van der Waals surface area contributed by atoms with Gasteiger partial charge in [-0.15, -0.1) is 0 Å². The summed E-state index contributed by atoms with van der Waals surface area (Å²) in [5, 5.41) is 9.88. The molecule has 3 aliphatic carbocycles. The lowest BCUT2D eigenvalue weighted by Crippen LogP contribution is -2.34. The highest BCUT2D eigenvalue weighted by Gasteiger charge is 2.75. The molecule has 62 valence electrons. The van der Waals surface area contributed by atoms with Crippen molar-refractivity contribution in [3.05, 3.63) is 0 Å². The number of hydrogen-bond acceptors (Lipinski definition) is 1. The van der Waals surface area contributed by atoms with Crippen molar-refractivity contribution in [3.63, 3.8) is 0 Å². The summed E-state index contributed by atoms with van der Waals surface area (Å²) in [6.07, 6.45) is 9.33. The smallest absolute Gasteiger partial charge is 0.0602 e. The van der Waals surface area contributed by atoms with E-state index in [2.05, 4.69) is 0 Å². The molecule has 3 saturated carbocycles. The molecule has 3 unspecified atom stereocenters. The molecule has 1 nitrogen and oxygen atoms in total. The summed E-state index contributed by atoms with van der Waals surface area (Å²) < 4.78 is 0. The molecule has 0 aliphatic heterocycles. The zero-order valence-electron chi connectivity index (χ0n) is 6.97. The van der Waals surface area contributed by atoms with E-state index in [9.17, 15) is 5.11 Å². The maximum atomic E-state index is 9.88. The van der Waals surface area contributed by atoms with Crippen LogP contribution in [0.25, 0.3) is 0 Å². The van der Waals surface area contributed by atoms with Crippen LogP contribution >= 0.6 is 0 Å². The molecule has 0 aromatic rings. The normalized spacial score (nSPS) is 60.3. The van der Waals surface area contributed by atoms with Crippen LogP contribution in [0.1, 0.15) is 44.9 Å². The van der Waals surface area contributed by atoms with Crippen molar-refractivity contribution >= 4 is 0 Å². The van der Waals surface area contributed by atoms with Gasteiger partial charge in [-0.3, -0.25) is 0 Å². The first kappa shape index (κ1) is 6.47. The molecule has 11 heavy (non-hydrogen) atoms. The minimum Gasteiger partial charge on any atom is -0.393 e. The highest BCUT2D eigenvalue weighted by molar-refractivity contribution is 5.25. The maximum Gasteiger partial charge on any atom is 0.0602 e. The van der Waals surface area contributed by atoms with Crippen LogP contribution in [0.5, 0.6) is 0 Å². The summed E-state index contributed by atoms with van der Waals surface area (Å²) in [5.41, 5.74) is 1.13. The third-order valence-electron chi connectivity index (χ3n) is 4.66. The minimum atomic E-state index is 0.0683. The van der Waals surface area contributed by atoms with Gasteiger partial charge >= 0.3 is 0 Å². The van der Waals surface area contributed by atoms with E-state index in [-0.39, 0.29) is 6.10 Å². The Bertz CT molecular complexity index is 197. The average Bonchev–Trinajstić information content (AvgIpc) is 2.43. The Hall–Kier alpha value is -0.0400. The highest BCUT2D eigenvalue weighted by Crippen LogP contribution is 2.82. The monoisotopic (exact) mass is 152 g/mol. The van der Waals surface area contributed by atoms with Crippen molar-refractivity contribution in [2.24, 2.45) is 10.8 Å². The standard InChI is InChI=1S/C10H16O/c11-8-3-1-2-4-9-5-6-10(8,9)7-9/h8,11H,1-7H2. The van der Waals surface area contributed by atoms with Crippen LogP contribution in [-0.4, -0.2) is 11.2 Å². The fourth-order valence-electron chi connectivity index (χ4n) is 3.71. The first-order valence-electron chi connectivity index (χ1n) is 4.97. The number of aliphatic hydroxyl groups excluding tert-OH is 1. The topological polar surface area (TPSA) is 20.2 Å². The second kappa shape index (κ2) is 1.66. The van der Waals surface area contributed by atoms with Crippen LogP contribution in [0.3, 0.4) is 0 Å². The largest absolute Gasteiger partial charge is 0.393 e. The van der Waals surface area contributed by atoms with Crippen molar-refractivity contribution in [1.82, 2.24) is 0 Å². The molecular formula is C10H16O. The molecular weight excluding hydrogens is 136 g/mol. The summed E-state index contributed by atoms with van der Waals surface area (Å²) in [6.45, 7) is 0. The molecule has 0 amide bonds. The van der Waals surface area contributed by atoms with Gasteiger partial charge in [-0.2, -0.15) is 0 Å². The molecule has 0 radical (unpaired) electrons. The zero-order valence-corrected chi connectivity index (χ0v) is 6.97. The van der Waals surface area contributed by atoms with Crippen molar-refractivity contribution < 1.29 is 5.11 Å². The lowest BCUT2D eigenvalue weighted by atomic mass is 9.70. The van der Waals surface area contributed by atoms with E-state index < -0.39 is 0 Å². The van der Waals surface area contributed by atoms with Crippen LogP contribution in [0, 0.1) is 10.8 Å². The lowest BCUT2D eigenvalue weighted by Gasteiger charge is -2.37. The summed E-state index contributed by atoms with van der Waals surface area (Å²) in [7, 11) is 0. The molecule has 0 saturated heterocycles. The molecule has 0 aromatic heterocycles. The Balaban J connectivity index is 1.91. The lowest BCUT2D eigenvalue weighted by molar-refractivity contribution is 0.0123. The van der Waals surface area contributed by atoms with Crippen molar-refractivity contribution in [2.45, 2.75) is 51.0 Å². The van der Waals surface area contributed by atoms with Gasteiger partial charge in [0.25, 0.3) is 0 Å². The van der Waals surface area contributed by atoms with Gasteiger partial charge in [-0.05, 0) is 37.5 Å². The predicted molar refractivity (Wildman–Crippen MR) is 43.2 cm³/mol. The zero-order chi connectivity index (χ0) is 7.53. The summed E-state index contributed by atoms with van der Waals surface area (Å²) in [5.74, 6) is 0. The predicted octanol–water partition coefficient (Wildman–Crippen LogP) is 2.09. The summed E-state index contributed by atoms with van der Waals surface area (Å²) in [4.78, 5) is 0. The Kier molecular flexibility index (Phi) is 0.976. The number of hydrogen-bond donors (Lipinski definition) is 1. The van der Waals surface area contributed by atoms with Crippen molar-refractivity contribution in [2.75, 3.05) is 0 Å². The highest BCUT2D eigenvalue weighted by atomic mass is 16.3. The van der Waals surface area contributed by atoms with Gasteiger partial charge in [0.05, 0.1) is 6.10 Å². The van der Waals surface area contributed by atoms with Gasteiger partial charge < -0.3 is 5.11 Å². The molecule has 0 aromatic carbocycles. The SMILES string of the molecule is OC1CCCCC23CCC12C3. The van der Waals surface area contributed by atoms with Crippen LogP contribution in [0.2, 0.25) is 0 Å². The van der Waals surface area contributed by atoms with Crippen molar-refractivity contribution in [1.29, 1.82) is 0 Å². The molecule has 0 heterocycles. The van der Waals surface area contributed by atoms with E-state index in [4.69, 9.17) is 0 Å².